The first-order chi connectivity index (χ1) is 14.0. The first kappa shape index (κ1) is 26.2. The molecule has 0 saturated carbocycles. The van der Waals surface area contributed by atoms with Crippen molar-refractivity contribution in [3.63, 3.8) is 0 Å². The fourth-order valence-electron chi connectivity index (χ4n) is 3.94. The van der Waals surface area contributed by atoms with Gasteiger partial charge < -0.3 is 9.53 Å². The number of carbonyl (C=O) groups excluding carboxylic acids is 3. The Kier molecular flexibility index (Phi) is 10.5. The molecule has 0 saturated heterocycles. The molecule has 0 amide bonds. The zero-order valence-electron chi connectivity index (χ0n) is 19.2. The largest absolute Gasteiger partial charge is 0.432 e. The lowest BCUT2D eigenvalue weighted by Crippen LogP contribution is -2.35. The molecular formula is C25H36O4S. The van der Waals surface area contributed by atoms with Crippen molar-refractivity contribution in [1.82, 2.24) is 0 Å². The maximum absolute atomic E-state index is 13.2. The second-order valence-electron chi connectivity index (χ2n) is 8.96. The van der Waals surface area contributed by atoms with Gasteiger partial charge in [-0.3, -0.25) is 4.79 Å². The molecule has 0 fully saturated rings. The standard InChI is InChI=1S/C25H36O4S/c1-17(2)8-7-11-25(6)12-9-20(16-30)24(28)21(15-19(5)26)22(25)10-13-29-23(27)14-18(3)4/h8-10,13-14,21-22,30H,7,11-12,15-16H2,1-6H3/b13-10+/t21-,22-,25-/m0/s1. The van der Waals surface area contributed by atoms with Crippen molar-refractivity contribution in [3.05, 3.63) is 47.3 Å². The van der Waals surface area contributed by atoms with E-state index in [1.165, 1.54) is 24.8 Å². The van der Waals surface area contributed by atoms with Gasteiger partial charge in [0.2, 0.25) is 0 Å². The minimum atomic E-state index is -0.487. The summed E-state index contributed by atoms with van der Waals surface area (Å²) in [5, 5.41) is 0. The Balaban J connectivity index is 3.33. The van der Waals surface area contributed by atoms with Crippen molar-refractivity contribution in [3.8, 4) is 0 Å². The summed E-state index contributed by atoms with van der Waals surface area (Å²) in [5.41, 5.74) is 2.50. The number of ether oxygens (including phenoxy) is 1. The Morgan fingerprint density at radius 3 is 2.40 bits per heavy atom. The molecule has 1 aliphatic rings. The fourth-order valence-corrected chi connectivity index (χ4v) is 4.22. The average molecular weight is 433 g/mol. The van der Waals surface area contributed by atoms with Crippen LogP contribution in [-0.2, 0) is 19.1 Å². The number of Topliss-reactive ketones (excluding diaryl/α,β-unsaturated/α-hetero) is 2. The van der Waals surface area contributed by atoms with Crippen LogP contribution >= 0.6 is 12.6 Å². The summed E-state index contributed by atoms with van der Waals surface area (Å²) in [6, 6.07) is 0. The van der Waals surface area contributed by atoms with E-state index in [1.54, 1.807) is 6.08 Å². The van der Waals surface area contributed by atoms with Gasteiger partial charge in [-0.05, 0) is 71.3 Å². The van der Waals surface area contributed by atoms with Crippen LogP contribution in [0.25, 0.3) is 0 Å². The summed E-state index contributed by atoms with van der Waals surface area (Å²) in [5.74, 6) is -0.874. The summed E-state index contributed by atoms with van der Waals surface area (Å²) in [6.07, 6.45) is 11.4. The maximum Gasteiger partial charge on any atom is 0.335 e. The number of carbonyl (C=O) groups is 3. The third-order valence-corrected chi connectivity index (χ3v) is 5.87. The van der Waals surface area contributed by atoms with Crippen LogP contribution < -0.4 is 0 Å². The van der Waals surface area contributed by atoms with Crippen LogP contribution in [0.1, 0.15) is 67.2 Å². The van der Waals surface area contributed by atoms with Crippen molar-refractivity contribution in [2.75, 3.05) is 5.75 Å². The van der Waals surface area contributed by atoms with Gasteiger partial charge in [0.1, 0.15) is 5.78 Å². The highest BCUT2D eigenvalue weighted by Gasteiger charge is 2.43. The molecule has 3 atom stereocenters. The number of thiol groups is 1. The van der Waals surface area contributed by atoms with E-state index in [4.69, 9.17) is 4.74 Å². The SMILES string of the molecule is CC(=O)C[C@@H]1C(=O)C(CS)=CC[C@](C)(CCC=C(C)C)[C@H]1/C=C/OC(=O)C=C(C)C. The van der Waals surface area contributed by atoms with E-state index >= 15 is 0 Å². The minimum Gasteiger partial charge on any atom is -0.432 e. The summed E-state index contributed by atoms with van der Waals surface area (Å²) in [4.78, 5) is 37.1. The smallest absolute Gasteiger partial charge is 0.335 e. The highest BCUT2D eigenvalue weighted by molar-refractivity contribution is 7.80. The number of allylic oxidation sites excluding steroid dienone is 5. The molecule has 0 aromatic rings. The van der Waals surface area contributed by atoms with E-state index in [2.05, 4.69) is 39.5 Å². The van der Waals surface area contributed by atoms with Gasteiger partial charge in [0, 0.05) is 29.7 Å². The van der Waals surface area contributed by atoms with Gasteiger partial charge in [-0.15, -0.1) is 0 Å². The maximum atomic E-state index is 13.2. The highest BCUT2D eigenvalue weighted by atomic mass is 32.1. The number of rotatable bonds is 9. The van der Waals surface area contributed by atoms with Gasteiger partial charge in [0.15, 0.2) is 5.78 Å². The highest BCUT2D eigenvalue weighted by Crippen LogP contribution is 2.46. The summed E-state index contributed by atoms with van der Waals surface area (Å²) in [6.45, 7) is 11.4. The zero-order valence-corrected chi connectivity index (χ0v) is 20.1. The Labute approximate surface area is 186 Å². The Hall–Kier alpha value is -1.88. The molecule has 1 aliphatic carbocycles. The van der Waals surface area contributed by atoms with E-state index < -0.39 is 11.9 Å². The monoisotopic (exact) mass is 432 g/mol. The number of ketones is 2. The van der Waals surface area contributed by atoms with Crippen LogP contribution in [-0.4, -0.2) is 23.3 Å². The molecule has 0 aliphatic heterocycles. The van der Waals surface area contributed by atoms with E-state index in [9.17, 15) is 14.4 Å². The molecule has 0 aromatic carbocycles. The van der Waals surface area contributed by atoms with E-state index in [0.717, 1.165) is 18.4 Å². The Morgan fingerprint density at radius 2 is 1.87 bits per heavy atom. The predicted molar refractivity (Wildman–Crippen MR) is 125 cm³/mol. The molecule has 30 heavy (non-hydrogen) atoms. The molecule has 0 spiro atoms. The second-order valence-corrected chi connectivity index (χ2v) is 9.27. The van der Waals surface area contributed by atoms with Crippen LogP contribution in [0, 0.1) is 17.3 Å². The minimum absolute atomic E-state index is 0.0275. The van der Waals surface area contributed by atoms with Gasteiger partial charge in [-0.2, -0.15) is 12.6 Å². The van der Waals surface area contributed by atoms with Gasteiger partial charge in [0.25, 0.3) is 0 Å². The summed E-state index contributed by atoms with van der Waals surface area (Å²) in [7, 11) is 0. The molecule has 0 bridgehead atoms. The Bertz CT molecular complexity index is 764. The lowest BCUT2D eigenvalue weighted by Gasteiger charge is -2.38. The van der Waals surface area contributed by atoms with Crippen LogP contribution in [0.5, 0.6) is 0 Å². The molecule has 0 N–H and O–H groups in total. The van der Waals surface area contributed by atoms with Crippen LogP contribution in [0.2, 0.25) is 0 Å². The molecule has 1 rings (SSSR count). The molecule has 5 heteroatoms. The zero-order chi connectivity index (χ0) is 22.9. The summed E-state index contributed by atoms with van der Waals surface area (Å²) >= 11 is 4.34. The van der Waals surface area contributed by atoms with Crippen molar-refractivity contribution in [2.45, 2.75) is 67.2 Å². The van der Waals surface area contributed by atoms with Gasteiger partial charge >= 0.3 is 5.97 Å². The number of hydrogen-bond donors (Lipinski definition) is 1. The third kappa shape index (κ3) is 8.10. The lowest BCUT2D eigenvalue weighted by molar-refractivity contribution is -0.132. The molecule has 0 radical (unpaired) electrons. The number of hydrogen-bond acceptors (Lipinski definition) is 5. The molecule has 4 nitrogen and oxygen atoms in total. The van der Waals surface area contributed by atoms with Crippen LogP contribution in [0.3, 0.4) is 0 Å². The van der Waals surface area contributed by atoms with E-state index in [0.29, 0.717) is 17.7 Å². The normalized spacial score (nSPS) is 24.1. The third-order valence-electron chi connectivity index (χ3n) is 5.53. The molecule has 0 unspecified atom stereocenters. The van der Waals surface area contributed by atoms with Gasteiger partial charge in [-0.25, -0.2) is 4.79 Å². The molecule has 0 aromatic heterocycles. The quantitative estimate of drug-likeness (QED) is 0.164. The average Bonchev–Trinajstić information content (AvgIpc) is 2.71. The van der Waals surface area contributed by atoms with Crippen molar-refractivity contribution in [1.29, 1.82) is 0 Å². The number of esters is 1. The van der Waals surface area contributed by atoms with Crippen molar-refractivity contribution >= 4 is 30.2 Å². The molecule has 166 valence electrons. The van der Waals surface area contributed by atoms with Crippen molar-refractivity contribution in [2.24, 2.45) is 17.3 Å². The van der Waals surface area contributed by atoms with Gasteiger partial charge in [-0.1, -0.05) is 30.2 Å². The second kappa shape index (κ2) is 12.1. The van der Waals surface area contributed by atoms with E-state index in [1.807, 2.05) is 19.9 Å². The van der Waals surface area contributed by atoms with Crippen LogP contribution in [0.4, 0.5) is 0 Å². The lowest BCUT2D eigenvalue weighted by atomic mass is 9.65. The topological polar surface area (TPSA) is 60.4 Å². The molecular weight excluding hydrogens is 396 g/mol. The summed E-state index contributed by atoms with van der Waals surface area (Å²) < 4.78 is 5.24. The van der Waals surface area contributed by atoms with Crippen LogP contribution in [0.15, 0.2) is 47.3 Å². The Morgan fingerprint density at radius 1 is 1.20 bits per heavy atom. The van der Waals surface area contributed by atoms with Crippen molar-refractivity contribution < 1.29 is 19.1 Å². The predicted octanol–water partition coefficient (Wildman–Crippen LogP) is 5.80. The first-order valence-electron chi connectivity index (χ1n) is 10.5. The fraction of sp³-hybridized carbons (Fsp3) is 0.560. The molecule has 0 heterocycles. The van der Waals surface area contributed by atoms with Gasteiger partial charge in [0.05, 0.1) is 6.26 Å². The first-order valence-corrected chi connectivity index (χ1v) is 11.1. The van der Waals surface area contributed by atoms with E-state index in [-0.39, 0.29) is 29.3 Å².